The predicted octanol–water partition coefficient (Wildman–Crippen LogP) is 3.25. The topological polar surface area (TPSA) is 42.9 Å². The van der Waals surface area contributed by atoms with Crippen molar-refractivity contribution >= 4 is 29.9 Å². The third-order valence-electron chi connectivity index (χ3n) is 5.37. The van der Waals surface area contributed by atoms with Crippen LogP contribution in [0.1, 0.15) is 37.9 Å². The van der Waals surface area contributed by atoms with Gasteiger partial charge in [-0.1, -0.05) is 26.0 Å². The van der Waals surface area contributed by atoms with Gasteiger partial charge >= 0.3 is 0 Å². The maximum atomic E-state index is 13.8. The normalized spacial score (nSPS) is 18.3. The molecule has 0 bridgehead atoms. The lowest BCUT2D eigenvalue weighted by Crippen LogP contribution is -2.48. The van der Waals surface area contributed by atoms with Gasteiger partial charge in [-0.2, -0.15) is 0 Å². The average Bonchev–Trinajstić information content (AvgIpc) is 2.67. The molecule has 0 aliphatic carbocycles. The second kappa shape index (κ2) is 12.6. The highest BCUT2D eigenvalue weighted by atomic mass is 127. The Kier molecular flexibility index (Phi) is 11.3. The maximum Gasteiger partial charge on any atom is 0.191 e. The lowest BCUT2D eigenvalue weighted by Gasteiger charge is -2.35. The lowest BCUT2D eigenvalue weighted by atomic mass is 10.1. The third kappa shape index (κ3) is 7.83. The van der Waals surface area contributed by atoms with E-state index >= 15 is 0 Å². The first-order chi connectivity index (χ1) is 12.9. The van der Waals surface area contributed by atoms with Gasteiger partial charge in [-0.3, -0.25) is 4.99 Å². The maximum absolute atomic E-state index is 13.8. The van der Waals surface area contributed by atoms with E-state index < -0.39 is 0 Å². The molecule has 2 unspecified atom stereocenters. The first kappa shape index (κ1) is 25.1. The predicted molar refractivity (Wildman–Crippen MR) is 127 cm³/mol. The highest BCUT2D eigenvalue weighted by molar-refractivity contribution is 14.0. The monoisotopic (exact) mass is 505 g/mol. The SMILES string of the molecule is CCN1CCN(CC(C)CNC(=NC)NC(C)c2ccc(C)c(F)c2)CC1.I. The van der Waals surface area contributed by atoms with E-state index in [4.69, 9.17) is 0 Å². The molecule has 1 aromatic rings. The van der Waals surface area contributed by atoms with Crippen molar-refractivity contribution in [2.45, 2.75) is 33.7 Å². The fourth-order valence-corrected chi connectivity index (χ4v) is 3.43. The van der Waals surface area contributed by atoms with Gasteiger partial charge in [0.05, 0.1) is 6.04 Å². The Labute approximate surface area is 187 Å². The number of aryl methyl sites for hydroxylation is 1. The third-order valence-corrected chi connectivity index (χ3v) is 5.37. The van der Waals surface area contributed by atoms with Crippen molar-refractivity contribution in [3.63, 3.8) is 0 Å². The molecule has 1 heterocycles. The van der Waals surface area contributed by atoms with Crippen LogP contribution in [0.25, 0.3) is 0 Å². The summed E-state index contributed by atoms with van der Waals surface area (Å²) in [6.07, 6.45) is 0. The zero-order valence-corrected chi connectivity index (χ0v) is 20.3. The summed E-state index contributed by atoms with van der Waals surface area (Å²) in [6, 6.07) is 5.36. The van der Waals surface area contributed by atoms with Crippen LogP contribution in [0.4, 0.5) is 4.39 Å². The molecular weight excluding hydrogens is 468 g/mol. The van der Waals surface area contributed by atoms with Crippen LogP contribution in [0.2, 0.25) is 0 Å². The molecule has 1 aromatic carbocycles. The molecule has 0 aromatic heterocycles. The zero-order chi connectivity index (χ0) is 19.8. The number of likely N-dealkylation sites (N-methyl/N-ethyl adjacent to an activating group) is 1. The van der Waals surface area contributed by atoms with Gasteiger partial charge in [0, 0.05) is 46.3 Å². The summed E-state index contributed by atoms with van der Waals surface area (Å²) < 4.78 is 13.8. The molecule has 1 aliphatic heterocycles. The van der Waals surface area contributed by atoms with E-state index in [2.05, 4.69) is 39.3 Å². The van der Waals surface area contributed by atoms with Crippen LogP contribution in [0, 0.1) is 18.7 Å². The molecule has 0 radical (unpaired) electrons. The van der Waals surface area contributed by atoms with E-state index in [1.165, 1.54) is 13.1 Å². The number of halogens is 2. The van der Waals surface area contributed by atoms with Crippen LogP contribution < -0.4 is 10.6 Å². The van der Waals surface area contributed by atoms with Crippen molar-refractivity contribution < 1.29 is 4.39 Å². The summed E-state index contributed by atoms with van der Waals surface area (Å²) in [5.41, 5.74) is 1.59. The van der Waals surface area contributed by atoms with Crippen LogP contribution >= 0.6 is 24.0 Å². The Morgan fingerprint density at radius 3 is 2.39 bits per heavy atom. The highest BCUT2D eigenvalue weighted by Crippen LogP contribution is 2.16. The van der Waals surface area contributed by atoms with E-state index in [-0.39, 0.29) is 35.8 Å². The lowest BCUT2D eigenvalue weighted by molar-refractivity contribution is 0.124. The average molecular weight is 505 g/mol. The molecule has 0 saturated carbocycles. The summed E-state index contributed by atoms with van der Waals surface area (Å²) in [5.74, 6) is 1.12. The largest absolute Gasteiger partial charge is 0.356 e. The quantitative estimate of drug-likeness (QED) is 0.339. The Balaban J connectivity index is 0.00000392. The molecule has 1 saturated heterocycles. The minimum absolute atomic E-state index is 0. The molecule has 1 aliphatic rings. The molecule has 7 heteroatoms. The number of nitrogens with one attached hydrogen (secondary N) is 2. The fraction of sp³-hybridized carbons (Fsp3) is 0.667. The van der Waals surface area contributed by atoms with Gasteiger partial charge in [-0.25, -0.2) is 4.39 Å². The summed E-state index contributed by atoms with van der Waals surface area (Å²) in [6.45, 7) is 16.1. The Morgan fingerprint density at radius 2 is 1.82 bits per heavy atom. The smallest absolute Gasteiger partial charge is 0.191 e. The number of hydrogen-bond donors (Lipinski definition) is 2. The van der Waals surface area contributed by atoms with Crippen molar-refractivity contribution in [2.75, 3.05) is 52.9 Å². The number of rotatable bonds is 7. The van der Waals surface area contributed by atoms with Crippen molar-refractivity contribution in [1.29, 1.82) is 0 Å². The molecular formula is C21H37FIN5. The fourth-order valence-electron chi connectivity index (χ4n) is 3.43. The van der Waals surface area contributed by atoms with Gasteiger partial charge in [-0.15, -0.1) is 24.0 Å². The van der Waals surface area contributed by atoms with Crippen LogP contribution in [-0.4, -0.2) is 68.6 Å². The molecule has 1 fully saturated rings. The minimum atomic E-state index is -0.166. The standard InChI is InChI=1S/C21H36FN5.HI/c1-6-26-9-11-27(12-10-26)15-16(2)14-24-21(23-5)25-18(4)19-8-7-17(3)20(22)13-19;/h7-8,13,16,18H,6,9-12,14-15H2,1-5H3,(H2,23,24,25);1H. The van der Waals surface area contributed by atoms with Crippen molar-refractivity contribution in [3.8, 4) is 0 Å². The van der Waals surface area contributed by atoms with Gasteiger partial charge in [0.2, 0.25) is 0 Å². The second-order valence-electron chi connectivity index (χ2n) is 7.67. The van der Waals surface area contributed by atoms with E-state index in [0.29, 0.717) is 11.5 Å². The van der Waals surface area contributed by atoms with Gasteiger partial charge in [0.25, 0.3) is 0 Å². The van der Waals surface area contributed by atoms with Gasteiger partial charge in [0.1, 0.15) is 5.82 Å². The van der Waals surface area contributed by atoms with E-state index in [0.717, 1.165) is 44.2 Å². The first-order valence-electron chi connectivity index (χ1n) is 10.1. The summed E-state index contributed by atoms with van der Waals surface area (Å²) >= 11 is 0. The van der Waals surface area contributed by atoms with Crippen molar-refractivity contribution in [3.05, 3.63) is 35.1 Å². The van der Waals surface area contributed by atoms with Crippen molar-refractivity contribution in [1.82, 2.24) is 20.4 Å². The molecule has 0 amide bonds. The van der Waals surface area contributed by atoms with Gasteiger partial charge in [0.15, 0.2) is 5.96 Å². The highest BCUT2D eigenvalue weighted by Gasteiger charge is 2.17. The number of benzene rings is 1. The summed E-state index contributed by atoms with van der Waals surface area (Å²) in [5, 5.41) is 6.77. The molecule has 0 spiro atoms. The van der Waals surface area contributed by atoms with Gasteiger partial charge < -0.3 is 20.4 Å². The Bertz CT molecular complexity index is 617. The van der Waals surface area contributed by atoms with E-state index in [9.17, 15) is 4.39 Å². The number of hydrogen-bond acceptors (Lipinski definition) is 3. The summed E-state index contributed by atoms with van der Waals surface area (Å²) in [7, 11) is 1.77. The zero-order valence-electron chi connectivity index (χ0n) is 18.0. The molecule has 2 N–H and O–H groups in total. The summed E-state index contributed by atoms with van der Waals surface area (Å²) in [4.78, 5) is 9.36. The van der Waals surface area contributed by atoms with Crippen molar-refractivity contribution in [2.24, 2.45) is 10.9 Å². The van der Waals surface area contributed by atoms with Crippen LogP contribution in [-0.2, 0) is 0 Å². The number of piperazine rings is 1. The van der Waals surface area contributed by atoms with E-state index in [1.54, 1.807) is 20.0 Å². The first-order valence-corrected chi connectivity index (χ1v) is 10.1. The second-order valence-corrected chi connectivity index (χ2v) is 7.67. The Morgan fingerprint density at radius 1 is 1.18 bits per heavy atom. The molecule has 2 rings (SSSR count). The number of guanidine groups is 1. The van der Waals surface area contributed by atoms with Crippen LogP contribution in [0.5, 0.6) is 0 Å². The molecule has 28 heavy (non-hydrogen) atoms. The van der Waals surface area contributed by atoms with Crippen LogP contribution in [0.15, 0.2) is 23.2 Å². The molecule has 160 valence electrons. The Hall–Kier alpha value is -0.930. The van der Waals surface area contributed by atoms with E-state index in [1.807, 2.05) is 19.1 Å². The molecule has 2 atom stereocenters. The number of aliphatic imine (C=N–C) groups is 1. The molecule has 5 nitrogen and oxygen atoms in total. The van der Waals surface area contributed by atoms with Gasteiger partial charge in [-0.05, 0) is 43.5 Å². The minimum Gasteiger partial charge on any atom is -0.356 e. The van der Waals surface area contributed by atoms with Crippen LogP contribution in [0.3, 0.4) is 0 Å². The number of nitrogens with zero attached hydrogens (tertiary/aromatic N) is 3.